The Bertz CT molecular complexity index is 115. The Morgan fingerprint density at radius 1 is 1.00 bits per heavy atom. The summed E-state index contributed by atoms with van der Waals surface area (Å²) < 4.78 is 0. The zero-order valence-electron chi connectivity index (χ0n) is 8.01. The number of aliphatic carboxylic acids is 1. The van der Waals surface area contributed by atoms with Crippen LogP contribution in [0.5, 0.6) is 0 Å². The van der Waals surface area contributed by atoms with Crippen molar-refractivity contribution in [1.29, 1.82) is 0 Å². The van der Waals surface area contributed by atoms with Crippen LogP contribution in [0, 0.1) is 0 Å². The van der Waals surface area contributed by atoms with Crippen LogP contribution in [0.1, 0.15) is 58.3 Å². The van der Waals surface area contributed by atoms with Crippen molar-refractivity contribution in [3.05, 3.63) is 0 Å². The average molecular weight is 290 g/mol. The van der Waals surface area contributed by atoms with E-state index in [4.69, 9.17) is 5.11 Å². The predicted molar refractivity (Wildman–Crippen MR) is 60.2 cm³/mol. The SMILES string of the molecule is CCCCCCCCCC(=O)O.[InH3]. The molecule has 0 aromatic heterocycles. The molecule has 0 radical (unpaired) electrons. The van der Waals surface area contributed by atoms with Gasteiger partial charge in [-0.05, 0) is 6.42 Å². The molecule has 0 saturated heterocycles. The van der Waals surface area contributed by atoms with Crippen molar-refractivity contribution in [2.75, 3.05) is 0 Å². The molecule has 0 aliphatic carbocycles. The molecule has 0 amide bonds. The van der Waals surface area contributed by atoms with Gasteiger partial charge in [0.2, 0.25) is 0 Å². The average Bonchev–Trinajstić information content (AvgIpc) is 2.02. The monoisotopic (exact) mass is 290 g/mol. The van der Waals surface area contributed by atoms with Crippen LogP contribution < -0.4 is 0 Å². The molecular formula is C10H23InO2. The number of carboxylic acid groups (broad SMARTS) is 1. The zero-order chi connectivity index (χ0) is 9.23. The van der Waals surface area contributed by atoms with Gasteiger partial charge in [-0.3, -0.25) is 4.79 Å². The van der Waals surface area contributed by atoms with E-state index in [1.165, 1.54) is 32.1 Å². The van der Waals surface area contributed by atoms with Crippen molar-refractivity contribution >= 4 is 31.8 Å². The van der Waals surface area contributed by atoms with Crippen LogP contribution in [-0.2, 0) is 4.79 Å². The van der Waals surface area contributed by atoms with Gasteiger partial charge in [-0.2, -0.15) is 0 Å². The standard InChI is InChI=1S/C10H20O2.In.3H/c1-2-3-4-5-6-7-8-9-10(11)12;;;;/h2-9H2,1H3,(H,11,12);;;;. The van der Waals surface area contributed by atoms with Crippen LogP contribution in [0.15, 0.2) is 0 Å². The van der Waals surface area contributed by atoms with Crippen LogP contribution in [-0.4, -0.2) is 36.9 Å². The third-order valence-corrected chi connectivity index (χ3v) is 1.99. The minimum atomic E-state index is -0.663. The number of carboxylic acids is 1. The summed E-state index contributed by atoms with van der Waals surface area (Å²) in [7, 11) is 0. The van der Waals surface area contributed by atoms with Crippen LogP contribution in [0.2, 0.25) is 0 Å². The van der Waals surface area contributed by atoms with E-state index < -0.39 is 5.97 Å². The van der Waals surface area contributed by atoms with E-state index in [0.29, 0.717) is 6.42 Å². The molecule has 78 valence electrons. The molecule has 0 atom stereocenters. The van der Waals surface area contributed by atoms with Gasteiger partial charge in [0.05, 0.1) is 0 Å². The van der Waals surface area contributed by atoms with Crippen LogP contribution >= 0.6 is 0 Å². The summed E-state index contributed by atoms with van der Waals surface area (Å²) in [6.07, 6.45) is 8.64. The van der Waals surface area contributed by atoms with E-state index in [2.05, 4.69) is 6.92 Å². The quantitative estimate of drug-likeness (QED) is 0.694. The van der Waals surface area contributed by atoms with Crippen molar-refractivity contribution in [3.63, 3.8) is 0 Å². The van der Waals surface area contributed by atoms with Gasteiger partial charge in [-0.25, -0.2) is 0 Å². The van der Waals surface area contributed by atoms with Gasteiger partial charge in [0, 0.05) is 6.42 Å². The predicted octanol–water partition coefficient (Wildman–Crippen LogP) is 2.03. The van der Waals surface area contributed by atoms with Crippen LogP contribution in [0.3, 0.4) is 0 Å². The van der Waals surface area contributed by atoms with Gasteiger partial charge in [-0.15, -0.1) is 0 Å². The van der Waals surface area contributed by atoms with E-state index in [-0.39, 0.29) is 25.8 Å². The number of rotatable bonds is 8. The van der Waals surface area contributed by atoms with Crippen molar-refractivity contribution in [1.82, 2.24) is 0 Å². The summed E-state index contributed by atoms with van der Waals surface area (Å²) in [6.45, 7) is 2.20. The van der Waals surface area contributed by atoms with E-state index in [0.717, 1.165) is 12.8 Å². The van der Waals surface area contributed by atoms with Crippen molar-refractivity contribution in [3.8, 4) is 0 Å². The molecule has 1 N–H and O–H groups in total. The Balaban J connectivity index is 0. The molecule has 0 aliphatic rings. The third kappa shape index (κ3) is 15.1. The van der Waals surface area contributed by atoms with E-state index in [1.54, 1.807) is 0 Å². The molecule has 0 unspecified atom stereocenters. The Hall–Kier alpha value is 0.340. The first-order valence-electron chi connectivity index (χ1n) is 4.99. The molecule has 0 aromatic carbocycles. The topological polar surface area (TPSA) is 37.3 Å². The van der Waals surface area contributed by atoms with Crippen LogP contribution in [0.25, 0.3) is 0 Å². The van der Waals surface area contributed by atoms with Crippen molar-refractivity contribution in [2.45, 2.75) is 58.3 Å². The summed E-state index contributed by atoms with van der Waals surface area (Å²) in [5, 5.41) is 8.35. The molecule has 3 heteroatoms. The fourth-order valence-corrected chi connectivity index (χ4v) is 1.23. The number of hydrogen-bond donors (Lipinski definition) is 1. The summed E-state index contributed by atoms with van der Waals surface area (Å²) in [5.74, 6) is -0.663. The Labute approximate surface area is 99.9 Å². The fourth-order valence-electron chi connectivity index (χ4n) is 1.23. The van der Waals surface area contributed by atoms with Crippen LogP contribution in [0.4, 0.5) is 0 Å². The molecule has 0 saturated carbocycles. The minimum absolute atomic E-state index is 0. The van der Waals surface area contributed by atoms with Gasteiger partial charge >= 0.3 is 31.8 Å². The Morgan fingerprint density at radius 3 is 1.92 bits per heavy atom. The second kappa shape index (κ2) is 12.3. The molecule has 0 fully saturated rings. The zero-order valence-corrected chi connectivity index (χ0v) is 8.01. The Morgan fingerprint density at radius 2 is 1.46 bits per heavy atom. The van der Waals surface area contributed by atoms with Crippen molar-refractivity contribution in [2.24, 2.45) is 0 Å². The van der Waals surface area contributed by atoms with E-state index >= 15 is 0 Å². The molecule has 0 rings (SSSR count). The number of unbranched alkanes of at least 4 members (excludes halogenated alkanes) is 6. The van der Waals surface area contributed by atoms with E-state index in [9.17, 15) is 4.79 Å². The van der Waals surface area contributed by atoms with Gasteiger partial charge in [0.1, 0.15) is 0 Å². The molecule has 13 heavy (non-hydrogen) atoms. The molecule has 2 nitrogen and oxygen atoms in total. The number of carbonyl (C=O) groups is 1. The second-order valence-corrected chi connectivity index (χ2v) is 3.27. The maximum absolute atomic E-state index is 10.1. The first kappa shape index (κ1) is 15.8. The second-order valence-electron chi connectivity index (χ2n) is 3.27. The van der Waals surface area contributed by atoms with Gasteiger partial charge in [0.15, 0.2) is 0 Å². The maximum atomic E-state index is 10.1. The Kier molecular flexibility index (Phi) is 15.0. The van der Waals surface area contributed by atoms with Gasteiger partial charge in [-0.1, -0.05) is 45.4 Å². The fraction of sp³-hybridized carbons (Fsp3) is 0.900. The van der Waals surface area contributed by atoms with Crippen molar-refractivity contribution < 1.29 is 9.90 Å². The molecule has 0 aliphatic heterocycles. The summed E-state index contributed by atoms with van der Waals surface area (Å²) >= 11 is 0. The van der Waals surface area contributed by atoms with Gasteiger partial charge < -0.3 is 5.11 Å². The first-order valence-corrected chi connectivity index (χ1v) is 4.99. The summed E-state index contributed by atoms with van der Waals surface area (Å²) in [6, 6.07) is 0. The number of hydrogen-bond acceptors (Lipinski definition) is 1. The summed E-state index contributed by atoms with van der Waals surface area (Å²) in [5.41, 5.74) is 0. The molecule has 0 aromatic rings. The molecule has 0 bridgehead atoms. The summed E-state index contributed by atoms with van der Waals surface area (Å²) in [4.78, 5) is 10.1. The third-order valence-electron chi connectivity index (χ3n) is 1.99. The first-order chi connectivity index (χ1) is 5.77. The van der Waals surface area contributed by atoms with E-state index in [1.807, 2.05) is 0 Å². The normalized spacial score (nSPS) is 9.31. The molecular weight excluding hydrogens is 267 g/mol. The molecule has 0 heterocycles. The molecule has 0 spiro atoms. The van der Waals surface area contributed by atoms with Gasteiger partial charge in [0.25, 0.3) is 0 Å².